The van der Waals surface area contributed by atoms with Gasteiger partial charge >= 0.3 is 7.12 Å². The lowest BCUT2D eigenvalue weighted by Crippen LogP contribution is -2.37. The van der Waals surface area contributed by atoms with E-state index >= 15 is 0 Å². The van der Waals surface area contributed by atoms with Crippen LogP contribution < -0.4 is 5.46 Å². The maximum Gasteiger partial charge on any atom is 0.491 e. The molecule has 0 aliphatic heterocycles. The molecule has 1 saturated carbocycles. The molecule has 0 amide bonds. The third-order valence-corrected chi connectivity index (χ3v) is 4.95. The Morgan fingerprint density at radius 1 is 1.14 bits per heavy atom. The van der Waals surface area contributed by atoms with Crippen LogP contribution in [0.2, 0.25) is 0 Å². The third kappa shape index (κ3) is 3.67. The quantitative estimate of drug-likeness (QED) is 0.624. The third-order valence-electron chi connectivity index (χ3n) is 4.95. The average Bonchev–Trinajstić information content (AvgIpc) is 2.48. The van der Waals surface area contributed by atoms with Gasteiger partial charge in [-0.3, -0.25) is 0 Å². The summed E-state index contributed by atoms with van der Waals surface area (Å²) < 4.78 is 14.7. The van der Waals surface area contributed by atoms with Crippen molar-refractivity contribution < 1.29 is 14.4 Å². The molecule has 0 saturated heterocycles. The fraction of sp³-hybridized carbons (Fsp3) is 0.647. The highest BCUT2D eigenvalue weighted by atomic mass is 19.1. The summed E-state index contributed by atoms with van der Waals surface area (Å²) >= 11 is 0. The van der Waals surface area contributed by atoms with Gasteiger partial charge in [0.2, 0.25) is 0 Å². The lowest BCUT2D eigenvalue weighted by Gasteiger charge is -2.38. The van der Waals surface area contributed by atoms with Gasteiger partial charge in [0.15, 0.2) is 0 Å². The predicted octanol–water partition coefficient (Wildman–Crippen LogP) is 3.29. The van der Waals surface area contributed by atoms with E-state index in [1.807, 2.05) is 6.07 Å². The second kappa shape index (κ2) is 7.41. The van der Waals surface area contributed by atoms with Crippen LogP contribution in [0, 0.1) is 5.82 Å². The Morgan fingerprint density at radius 2 is 1.86 bits per heavy atom. The molecule has 0 unspecified atom stereocenters. The molecule has 0 radical (unpaired) electrons. The SMILES string of the molecule is CCCCCC1(c2cccc(B(O)O)c2F)CCCCC1. The Bertz CT molecular complexity index is 456. The molecule has 0 aromatic heterocycles. The molecule has 1 aromatic rings. The van der Waals surface area contributed by atoms with Crippen LogP contribution >= 0.6 is 0 Å². The monoisotopic (exact) mass is 292 g/mol. The fourth-order valence-corrected chi connectivity index (χ4v) is 3.75. The minimum absolute atomic E-state index is 0.00735. The molecule has 1 fully saturated rings. The summed E-state index contributed by atoms with van der Waals surface area (Å²) in [6.45, 7) is 2.18. The van der Waals surface area contributed by atoms with Gasteiger partial charge in [-0.2, -0.15) is 0 Å². The first kappa shape index (κ1) is 16.5. The number of halogens is 1. The van der Waals surface area contributed by atoms with Crippen molar-refractivity contribution in [1.82, 2.24) is 0 Å². The first-order valence-electron chi connectivity index (χ1n) is 8.26. The molecule has 1 aliphatic rings. The molecular weight excluding hydrogens is 266 g/mol. The van der Waals surface area contributed by atoms with E-state index in [1.165, 1.54) is 18.9 Å². The highest BCUT2D eigenvalue weighted by molar-refractivity contribution is 6.58. The Kier molecular flexibility index (Phi) is 5.83. The van der Waals surface area contributed by atoms with E-state index in [-0.39, 0.29) is 10.9 Å². The van der Waals surface area contributed by atoms with Gasteiger partial charge in [0.1, 0.15) is 5.82 Å². The van der Waals surface area contributed by atoms with Gasteiger partial charge in [-0.1, -0.05) is 63.6 Å². The highest BCUT2D eigenvalue weighted by Gasteiger charge is 2.36. The van der Waals surface area contributed by atoms with E-state index < -0.39 is 12.9 Å². The van der Waals surface area contributed by atoms with Crippen LogP contribution in [0.4, 0.5) is 4.39 Å². The minimum Gasteiger partial charge on any atom is -0.423 e. The zero-order chi connectivity index (χ0) is 15.3. The summed E-state index contributed by atoms with van der Waals surface area (Å²) in [5.74, 6) is -0.411. The van der Waals surface area contributed by atoms with Crippen molar-refractivity contribution in [3.8, 4) is 0 Å². The summed E-state index contributed by atoms with van der Waals surface area (Å²) in [7, 11) is -1.73. The predicted molar refractivity (Wildman–Crippen MR) is 85.1 cm³/mol. The van der Waals surface area contributed by atoms with Crippen molar-refractivity contribution in [2.24, 2.45) is 0 Å². The van der Waals surface area contributed by atoms with Crippen molar-refractivity contribution in [1.29, 1.82) is 0 Å². The largest absolute Gasteiger partial charge is 0.491 e. The standard InChI is InChI=1S/C17H26BFO2/c1-2-3-5-11-17(12-6-4-7-13-17)14-9-8-10-15(16(14)19)18(20)21/h8-10,20-21H,2-7,11-13H2,1H3. The number of rotatable bonds is 6. The first-order chi connectivity index (χ1) is 10.1. The van der Waals surface area contributed by atoms with Crippen molar-refractivity contribution in [2.75, 3.05) is 0 Å². The summed E-state index contributed by atoms with van der Waals surface area (Å²) in [6.07, 6.45) is 9.97. The molecule has 0 bridgehead atoms. The normalized spacial score (nSPS) is 17.7. The number of unbranched alkanes of at least 4 members (excludes halogenated alkanes) is 2. The van der Waals surface area contributed by atoms with Gasteiger partial charge in [-0.25, -0.2) is 4.39 Å². The van der Waals surface area contributed by atoms with Gasteiger partial charge in [0.25, 0.3) is 0 Å². The summed E-state index contributed by atoms with van der Waals surface area (Å²) in [6, 6.07) is 5.06. The molecule has 0 spiro atoms. The van der Waals surface area contributed by atoms with Crippen LogP contribution in [0.1, 0.15) is 70.3 Å². The number of hydrogen-bond acceptors (Lipinski definition) is 2. The second-order valence-electron chi connectivity index (χ2n) is 6.38. The Hall–Kier alpha value is -0.865. The summed E-state index contributed by atoms with van der Waals surface area (Å²) in [5.41, 5.74) is 0.597. The smallest absolute Gasteiger partial charge is 0.423 e. The van der Waals surface area contributed by atoms with Gasteiger partial charge in [0.05, 0.1) is 0 Å². The number of hydrogen-bond donors (Lipinski definition) is 2. The van der Waals surface area contributed by atoms with Crippen LogP contribution in [0.3, 0.4) is 0 Å². The maximum atomic E-state index is 14.7. The van der Waals surface area contributed by atoms with Gasteiger partial charge in [-0.05, 0) is 30.2 Å². The van der Waals surface area contributed by atoms with E-state index in [9.17, 15) is 14.4 Å². The topological polar surface area (TPSA) is 40.5 Å². The fourth-order valence-electron chi connectivity index (χ4n) is 3.75. The maximum absolute atomic E-state index is 14.7. The Morgan fingerprint density at radius 3 is 2.48 bits per heavy atom. The molecule has 0 heterocycles. The molecule has 1 aromatic carbocycles. The van der Waals surface area contributed by atoms with E-state index in [2.05, 4.69) is 6.92 Å². The van der Waals surface area contributed by atoms with Gasteiger partial charge in [0, 0.05) is 5.46 Å². The molecular formula is C17H26BFO2. The van der Waals surface area contributed by atoms with Gasteiger partial charge in [-0.15, -0.1) is 0 Å². The van der Waals surface area contributed by atoms with Crippen molar-refractivity contribution in [2.45, 2.75) is 70.1 Å². The molecule has 2 nitrogen and oxygen atoms in total. The van der Waals surface area contributed by atoms with E-state index in [4.69, 9.17) is 0 Å². The summed E-state index contributed by atoms with van der Waals surface area (Å²) in [5, 5.41) is 18.7. The van der Waals surface area contributed by atoms with E-state index in [1.54, 1.807) is 6.07 Å². The lowest BCUT2D eigenvalue weighted by molar-refractivity contribution is 0.258. The lowest BCUT2D eigenvalue weighted by atomic mass is 9.65. The van der Waals surface area contributed by atoms with Crippen molar-refractivity contribution in [3.05, 3.63) is 29.6 Å². The molecule has 21 heavy (non-hydrogen) atoms. The molecule has 2 rings (SSSR count). The zero-order valence-corrected chi connectivity index (χ0v) is 12.9. The molecule has 116 valence electrons. The van der Waals surface area contributed by atoms with Crippen molar-refractivity contribution >= 4 is 12.6 Å². The van der Waals surface area contributed by atoms with E-state index in [0.29, 0.717) is 5.56 Å². The summed E-state index contributed by atoms with van der Waals surface area (Å²) in [4.78, 5) is 0. The van der Waals surface area contributed by atoms with Crippen LogP contribution in [0.5, 0.6) is 0 Å². The van der Waals surface area contributed by atoms with Crippen molar-refractivity contribution in [3.63, 3.8) is 0 Å². The van der Waals surface area contributed by atoms with Crippen LogP contribution in [0.15, 0.2) is 18.2 Å². The van der Waals surface area contributed by atoms with Crippen LogP contribution in [-0.4, -0.2) is 17.2 Å². The number of benzene rings is 1. The molecule has 2 N–H and O–H groups in total. The van der Waals surface area contributed by atoms with E-state index in [0.717, 1.165) is 44.9 Å². The Labute approximate surface area is 127 Å². The van der Waals surface area contributed by atoms with Crippen LogP contribution in [-0.2, 0) is 5.41 Å². The second-order valence-corrected chi connectivity index (χ2v) is 6.38. The zero-order valence-electron chi connectivity index (χ0n) is 12.9. The van der Waals surface area contributed by atoms with Gasteiger partial charge < -0.3 is 10.0 Å². The average molecular weight is 292 g/mol. The highest BCUT2D eigenvalue weighted by Crippen LogP contribution is 2.44. The molecule has 4 heteroatoms. The molecule has 0 atom stereocenters. The Balaban J connectivity index is 2.34. The van der Waals surface area contributed by atoms with Crippen LogP contribution in [0.25, 0.3) is 0 Å². The minimum atomic E-state index is -1.73. The first-order valence-corrected chi connectivity index (χ1v) is 8.26. The molecule has 1 aliphatic carbocycles.